The van der Waals surface area contributed by atoms with Crippen molar-refractivity contribution < 1.29 is 0 Å². The second-order valence-corrected chi connectivity index (χ2v) is 7.86. The maximum atomic E-state index is 9.37. The Bertz CT molecular complexity index is 1420. The minimum atomic E-state index is 0.539. The van der Waals surface area contributed by atoms with E-state index in [0.717, 1.165) is 27.8 Å². The minimum absolute atomic E-state index is 0.539. The topological polar surface area (TPSA) is 62.5 Å². The van der Waals surface area contributed by atoms with E-state index in [1.54, 1.807) is 6.07 Å². The molecule has 5 rings (SSSR count). The fourth-order valence-electron chi connectivity index (χ4n) is 3.64. The summed E-state index contributed by atoms with van der Waals surface area (Å²) in [5.74, 6) is 1.72. The molecule has 0 saturated heterocycles. The highest BCUT2D eigenvalue weighted by molar-refractivity contribution is 6.31. The molecule has 1 heterocycles. The number of nitrogens with zero attached hydrogens (tertiary/aromatic N) is 4. The third-order valence-corrected chi connectivity index (χ3v) is 5.46. The Balaban J connectivity index is 1.75. The Morgan fingerprint density at radius 3 is 1.73 bits per heavy atom. The lowest BCUT2D eigenvalue weighted by Gasteiger charge is -2.12. The molecule has 4 nitrogen and oxygen atoms in total. The van der Waals surface area contributed by atoms with Crippen molar-refractivity contribution in [3.05, 3.63) is 114 Å². The first-order valence-corrected chi connectivity index (χ1v) is 10.8. The summed E-state index contributed by atoms with van der Waals surface area (Å²) < 4.78 is 0. The molecule has 33 heavy (non-hydrogen) atoms. The van der Waals surface area contributed by atoms with Gasteiger partial charge in [-0.3, -0.25) is 0 Å². The first-order chi connectivity index (χ1) is 16.2. The zero-order chi connectivity index (χ0) is 22.6. The quantitative estimate of drug-likeness (QED) is 0.297. The molecule has 5 heteroatoms. The van der Waals surface area contributed by atoms with E-state index in [4.69, 9.17) is 26.6 Å². The maximum Gasteiger partial charge on any atom is 0.164 e. The normalized spacial score (nSPS) is 10.5. The van der Waals surface area contributed by atoms with Gasteiger partial charge in [-0.2, -0.15) is 5.26 Å². The molecule has 0 saturated carbocycles. The van der Waals surface area contributed by atoms with Gasteiger partial charge in [-0.15, -0.1) is 0 Å². The van der Waals surface area contributed by atoms with E-state index in [1.807, 2.05) is 97.1 Å². The molecule has 0 atom stereocenters. The van der Waals surface area contributed by atoms with E-state index in [1.165, 1.54) is 0 Å². The van der Waals surface area contributed by atoms with Crippen molar-refractivity contribution in [3.63, 3.8) is 0 Å². The monoisotopic (exact) mass is 444 g/mol. The van der Waals surface area contributed by atoms with E-state index < -0.39 is 0 Å². The Labute approximate surface area is 196 Å². The van der Waals surface area contributed by atoms with E-state index >= 15 is 0 Å². The zero-order valence-electron chi connectivity index (χ0n) is 17.5. The van der Waals surface area contributed by atoms with Crippen LogP contribution >= 0.6 is 11.6 Å². The van der Waals surface area contributed by atoms with Gasteiger partial charge < -0.3 is 0 Å². The molecule has 5 aromatic rings. The first kappa shape index (κ1) is 20.6. The number of hydrogen-bond acceptors (Lipinski definition) is 4. The summed E-state index contributed by atoms with van der Waals surface area (Å²) in [6, 6.07) is 34.9. The molecule has 0 N–H and O–H groups in total. The molecule has 0 aliphatic heterocycles. The summed E-state index contributed by atoms with van der Waals surface area (Å²) in [6.45, 7) is 0. The molecular weight excluding hydrogens is 428 g/mol. The third-order valence-electron chi connectivity index (χ3n) is 5.22. The third kappa shape index (κ3) is 4.36. The maximum absolute atomic E-state index is 9.37. The fourth-order valence-corrected chi connectivity index (χ4v) is 3.81. The second-order valence-electron chi connectivity index (χ2n) is 7.42. The number of hydrogen-bond donors (Lipinski definition) is 0. The average molecular weight is 445 g/mol. The van der Waals surface area contributed by atoms with E-state index in [0.29, 0.717) is 28.1 Å². The highest BCUT2D eigenvalue weighted by Gasteiger charge is 2.16. The number of halogens is 1. The van der Waals surface area contributed by atoms with Crippen LogP contribution in [-0.2, 0) is 0 Å². The molecule has 0 aliphatic rings. The van der Waals surface area contributed by atoms with Gasteiger partial charge in [0.25, 0.3) is 0 Å². The van der Waals surface area contributed by atoms with Crippen molar-refractivity contribution in [2.24, 2.45) is 0 Å². The van der Waals surface area contributed by atoms with Gasteiger partial charge in [-0.1, -0.05) is 84.4 Å². The van der Waals surface area contributed by atoms with Crippen LogP contribution < -0.4 is 0 Å². The van der Waals surface area contributed by atoms with Crippen molar-refractivity contribution in [1.82, 2.24) is 15.0 Å². The lowest BCUT2D eigenvalue weighted by Crippen LogP contribution is -2.01. The molecule has 0 amide bonds. The summed E-state index contributed by atoms with van der Waals surface area (Å²) in [5, 5.41) is 9.96. The van der Waals surface area contributed by atoms with Gasteiger partial charge in [-0.25, -0.2) is 15.0 Å². The second kappa shape index (κ2) is 9.04. The van der Waals surface area contributed by atoms with Crippen molar-refractivity contribution in [2.45, 2.75) is 0 Å². The number of nitriles is 1. The minimum Gasteiger partial charge on any atom is -0.208 e. The van der Waals surface area contributed by atoms with Crippen LogP contribution in [0.4, 0.5) is 0 Å². The molecule has 156 valence electrons. The molecule has 1 aromatic heterocycles. The summed E-state index contributed by atoms with van der Waals surface area (Å²) in [7, 11) is 0. The van der Waals surface area contributed by atoms with Crippen LogP contribution in [0.2, 0.25) is 5.02 Å². The largest absolute Gasteiger partial charge is 0.208 e. The van der Waals surface area contributed by atoms with Gasteiger partial charge in [-0.05, 0) is 41.5 Å². The molecule has 4 aromatic carbocycles. The number of aromatic nitrogens is 3. The van der Waals surface area contributed by atoms with Crippen molar-refractivity contribution in [1.29, 1.82) is 5.26 Å². The van der Waals surface area contributed by atoms with Gasteiger partial charge in [0.2, 0.25) is 0 Å². The first-order valence-electron chi connectivity index (χ1n) is 10.4. The standard InChI is InChI=1S/C28H17ClN4/c29-23-14-15-24(25(17-23)22-13-7-8-19(16-22)18-30)28-32-26(20-9-3-1-4-10-20)31-27(33-28)21-11-5-2-6-12-21/h1-17H. The van der Waals surface area contributed by atoms with Crippen molar-refractivity contribution in [3.8, 4) is 51.4 Å². The summed E-state index contributed by atoms with van der Waals surface area (Å²) in [6.07, 6.45) is 0. The summed E-state index contributed by atoms with van der Waals surface area (Å²) in [5.41, 5.74) is 4.91. The number of rotatable bonds is 4. The van der Waals surface area contributed by atoms with Gasteiger partial charge in [0, 0.05) is 21.7 Å². The van der Waals surface area contributed by atoms with Gasteiger partial charge in [0.15, 0.2) is 17.5 Å². The van der Waals surface area contributed by atoms with Crippen LogP contribution in [0.1, 0.15) is 5.56 Å². The van der Waals surface area contributed by atoms with Crippen molar-refractivity contribution in [2.75, 3.05) is 0 Å². The molecule has 0 unspecified atom stereocenters. The fraction of sp³-hybridized carbons (Fsp3) is 0. The van der Waals surface area contributed by atoms with Gasteiger partial charge in [0.1, 0.15) is 0 Å². The van der Waals surface area contributed by atoms with E-state index in [9.17, 15) is 5.26 Å². The molecule has 0 fully saturated rings. The molecule has 0 spiro atoms. The predicted octanol–water partition coefficient (Wildman–Crippen LogP) is 7.06. The molecule has 0 bridgehead atoms. The SMILES string of the molecule is N#Cc1cccc(-c2cc(Cl)ccc2-c2nc(-c3ccccc3)nc(-c3ccccc3)n2)c1. The average Bonchev–Trinajstić information content (AvgIpc) is 2.89. The Hall–Kier alpha value is -4.33. The van der Waals surface area contributed by atoms with E-state index in [2.05, 4.69) is 6.07 Å². The van der Waals surface area contributed by atoms with Crippen LogP contribution in [0.5, 0.6) is 0 Å². The van der Waals surface area contributed by atoms with Gasteiger partial charge in [0.05, 0.1) is 11.6 Å². The molecule has 0 aliphatic carbocycles. The van der Waals surface area contributed by atoms with Gasteiger partial charge >= 0.3 is 0 Å². The van der Waals surface area contributed by atoms with E-state index in [-0.39, 0.29) is 0 Å². The van der Waals surface area contributed by atoms with Crippen LogP contribution in [-0.4, -0.2) is 15.0 Å². The van der Waals surface area contributed by atoms with Crippen LogP contribution in [0.25, 0.3) is 45.3 Å². The highest BCUT2D eigenvalue weighted by Crippen LogP contribution is 2.34. The molecular formula is C28H17ClN4. The smallest absolute Gasteiger partial charge is 0.164 e. The Morgan fingerprint density at radius 1 is 0.545 bits per heavy atom. The number of benzene rings is 4. The lowest BCUT2D eigenvalue weighted by atomic mass is 9.97. The van der Waals surface area contributed by atoms with Crippen molar-refractivity contribution >= 4 is 11.6 Å². The summed E-state index contributed by atoms with van der Waals surface area (Å²) in [4.78, 5) is 14.4. The van der Waals surface area contributed by atoms with Crippen LogP contribution in [0.15, 0.2) is 103 Å². The lowest BCUT2D eigenvalue weighted by molar-refractivity contribution is 1.07. The highest BCUT2D eigenvalue weighted by atomic mass is 35.5. The Kier molecular flexibility index (Phi) is 5.63. The predicted molar refractivity (Wildman–Crippen MR) is 131 cm³/mol. The van der Waals surface area contributed by atoms with Crippen LogP contribution in [0.3, 0.4) is 0 Å². The van der Waals surface area contributed by atoms with Crippen LogP contribution in [0, 0.1) is 11.3 Å². The Morgan fingerprint density at radius 2 is 1.12 bits per heavy atom. The zero-order valence-corrected chi connectivity index (χ0v) is 18.2. The molecule has 0 radical (unpaired) electrons. The summed E-state index contributed by atoms with van der Waals surface area (Å²) >= 11 is 6.36.